The van der Waals surface area contributed by atoms with Crippen LogP contribution in [0.15, 0.2) is 18.2 Å². The molecule has 2 heterocycles. The molecule has 8 nitrogen and oxygen atoms in total. The van der Waals surface area contributed by atoms with Gasteiger partial charge < -0.3 is 33.2 Å². The predicted octanol–water partition coefficient (Wildman–Crippen LogP) is 4.10. The Labute approximate surface area is 190 Å². The van der Waals surface area contributed by atoms with Gasteiger partial charge in [0.15, 0.2) is 12.6 Å². The van der Waals surface area contributed by atoms with Crippen LogP contribution in [0.1, 0.15) is 61.7 Å². The lowest BCUT2D eigenvalue weighted by molar-refractivity contribution is -0.163. The lowest BCUT2D eigenvalue weighted by atomic mass is 10.2. The van der Waals surface area contributed by atoms with Crippen LogP contribution < -0.4 is 9.47 Å². The minimum absolute atomic E-state index is 0.0972. The predicted molar refractivity (Wildman–Crippen MR) is 117 cm³/mol. The zero-order chi connectivity index (χ0) is 22.4. The second kappa shape index (κ2) is 14.3. The summed E-state index contributed by atoms with van der Waals surface area (Å²) in [7, 11) is 1.35. The Morgan fingerprint density at radius 1 is 0.812 bits per heavy atom. The minimum Gasteiger partial charge on any atom is -0.493 e. The second-order valence-electron chi connectivity index (χ2n) is 7.92. The van der Waals surface area contributed by atoms with Crippen LogP contribution in [0.3, 0.4) is 0 Å². The van der Waals surface area contributed by atoms with Gasteiger partial charge >= 0.3 is 5.97 Å². The molecule has 2 saturated heterocycles. The lowest BCUT2D eigenvalue weighted by Crippen LogP contribution is -2.23. The number of carbonyl (C=O) groups excluding carboxylic acids is 1. The number of hydrogen-bond acceptors (Lipinski definition) is 8. The fourth-order valence-corrected chi connectivity index (χ4v) is 3.59. The summed E-state index contributed by atoms with van der Waals surface area (Å²) in [6, 6.07) is 5.10. The summed E-state index contributed by atoms with van der Waals surface area (Å²) in [5.74, 6) is 0.684. The van der Waals surface area contributed by atoms with Crippen molar-refractivity contribution in [3.63, 3.8) is 0 Å². The largest absolute Gasteiger partial charge is 0.493 e. The SMILES string of the molecule is COC(=O)c1cc(OCCCOC2CCCCO2)cc(OCCCOC2CCCCO2)c1. The highest BCUT2D eigenvalue weighted by Crippen LogP contribution is 2.24. The summed E-state index contributed by atoms with van der Waals surface area (Å²) in [4.78, 5) is 12.0. The summed E-state index contributed by atoms with van der Waals surface area (Å²) in [5, 5.41) is 0. The van der Waals surface area contributed by atoms with Gasteiger partial charge in [0.25, 0.3) is 0 Å². The van der Waals surface area contributed by atoms with E-state index >= 15 is 0 Å². The van der Waals surface area contributed by atoms with Crippen molar-refractivity contribution in [2.24, 2.45) is 0 Å². The van der Waals surface area contributed by atoms with Gasteiger partial charge in [-0.1, -0.05) is 0 Å². The molecule has 2 fully saturated rings. The zero-order valence-corrected chi connectivity index (χ0v) is 19.1. The average molecular weight is 453 g/mol. The Balaban J connectivity index is 1.39. The highest BCUT2D eigenvalue weighted by atomic mass is 16.7. The smallest absolute Gasteiger partial charge is 0.338 e. The van der Waals surface area contributed by atoms with Crippen molar-refractivity contribution in [2.75, 3.05) is 46.8 Å². The van der Waals surface area contributed by atoms with Gasteiger partial charge in [-0.3, -0.25) is 0 Å². The third-order valence-corrected chi connectivity index (χ3v) is 5.30. The van der Waals surface area contributed by atoms with Crippen molar-refractivity contribution in [1.29, 1.82) is 0 Å². The summed E-state index contributed by atoms with van der Waals surface area (Å²) in [5.41, 5.74) is 0.388. The summed E-state index contributed by atoms with van der Waals surface area (Å²) < 4.78 is 39.1. The number of benzene rings is 1. The molecule has 1 aromatic carbocycles. The van der Waals surface area contributed by atoms with Crippen LogP contribution in [0.5, 0.6) is 11.5 Å². The molecule has 3 rings (SSSR count). The fraction of sp³-hybridized carbons (Fsp3) is 0.708. The molecule has 2 unspecified atom stereocenters. The molecule has 0 aliphatic carbocycles. The Kier molecular flexibility index (Phi) is 11.1. The van der Waals surface area contributed by atoms with Crippen molar-refractivity contribution in [3.05, 3.63) is 23.8 Å². The highest BCUT2D eigenvalue weighted by Gasteiger charge is 2.15. The van der Waals surface area contributed by atoms with Crippen molar-refractivity contribution in [2.45, 2.75) is 63.9 Å². The fourth-order valence-electron chi connectivity index (χ4n) is 3.59. The van der Waals surface area contributed by atoms with E-state index in [-0.39, 0.29) is 12.6 Å². The standard InChI is InChI=1S/C24H36O8/c1-26-24(25)19-16-20(27-12-6-14-31-22-8-2-4-10-29-22)18-21(17-19)28-13-7-15-32-23-9-3-5-11-30-23/h16-18,22-23H,2-15H2,1H3. The van der Waals surface area contributed by atoms with Gasteiger partial charge in [-0.05, 0) is 50.7 Å². The summed E-state index contributed by atoms with van der Waals surface area (Å²) in [6.45, 7) is 3.60. The van der Waals surface area contributed by atoms with Gasteiger partial charge in [0.2, 0.25) is 0 Å². The minimum atomic E-state index is -0.434. The first-order valence-corrected chi connectivity index (χ1v) is 11.7. The molecular weight excluding hydrogens is 416 g/mol. The Morgan fingerprint density at radius 3 is 1.78 bits per heavy atom. The number of ether oxygens (including phenoxy) is 7. The van der Waals surface area contributed by atoms with Crippen LogP contribution in [0, 0.1) is 0 Å². The Morgan fingerprint density at radius 2 is 1.34 bits per heavy atom. The van der Waals surface area contributed by atoms with E-state index in [9.17, 15) is 4.79 Å². The third-order valence-electron chi connectivity index (χ3n) is 5.30. The van der Waals surface area contributed by atoms with Crippen LogP contribution in [-0.4, -0.2) is 65.3 Å². The maximum Gasteiger partial charge on any atom is 0.338 e. The van der Waals surface area contributed by atoms with Crippen molar-refractivity contribution >= 4 is 5.97 Å². The molecule has 0 amide bonds. The molecule has 0 bridgehead atoms. The molecule has 2 aliphatic heterocycles. The maximum atomic E-state index is 12.0. The summed E-state index contributed by atoms with van der Waals surface area (Å²) >= 11 is 0. The number of esters is 1. The number of hydrogen-bond donors (Lipinski definition) is 0. The van der Waals surface area contributed by atoms with Crippen molar-refractivity contribution < 1.29 is 38.0 Å². The first-order valence-electron chi connectivity index (χ1n) is 11.7. The van der Waals surface area contributed by atoms with Crippen LogP contribution in [-0.2, 0) is 23.7 Å². The van der Waals surface area contributed by atoms with E-state index in [0.29, 0.717) is 43.5 Å². The van der Waals surface area contributed by atoms with Gasteiger partial charge in [-0.15, -0.1) is 0 Å². The topological polar surface area (TPSA) is 81.7 Å². The van der Waals surface area contributed by atoms with Crippen LogP contribution in [0.2, 0.25) is 0 Å². The number of carbonyl (C=O) groups is 1. The van der Waals surface area contributed by atoms with E-state index in [1.807, 2.05) is 0 Å². The molecule has 0 saturated carbocycles. The molecule has 180 valence electrons. The quantitative estimate of drug-likeness (QED) is 0.327. The molecule has 2 atom stereocenters. The number of methoxy groups -OCH3 is 1. The molecule has 8 heteroatoms. The van der Waals surface area contributed by atoms with Gasteiger partial charge in [0, 0.05) is 32.1 Å². The van der Waals surface area contributed by atoms with Crippen LogP contribution in [0.25, 0.3) is 0 Å². The molecular formula is C24H36O8. The molecule has 1 aromatic rings. The molecule has 0 radical (unpaired) electrons. The van der Waals surface area contributed by atoms with E-state index in [2.05, 4.69) is 0 Å². The maximum absolute atomic E-state index is 12.0. The van der Waals surface area contributed by atoms with E-state index in [4.69, 9.17) is 33.2 Å². The van der Waals surface area contributed by atoms with Gasteiger partial charge in [0.1, 0.15) is 11.5 Å². The van der Waals surface area contributed by atoms with Crippen molar-refractivity contribution in [1.82, 2.24) is 0 Å². The molecule has 0 spiro atoms. The first kappa shape index (κ1) is 24.8. The lowest BCUT2D eigenvalue weighted by Gasteiger charge is -2.22. The second-order valence-corrected chi connectivity index (χ2v) is 7.92. The van der Waals surface area contributed by atoms with Gasteiger partial charge in [0.05, 0.1) is 39.1 Å². The van der Waals surface area contributed by atoms with E-state index in [1.165, 1.54) is 7.11 Å². The summed E-state index contributed by atoms with van der Waals surface area (Å²) in [6.07, 6.45) is 7.63. The van der Waals surface area contributed by atoms with E-state index in [0.717, 1.165) is 64.6 Å². The average Bonchev–Trinajstić information content (AvgIpc) is 2.84. The van der Waals surface area contributed by atoms with E-state index in [1.54, 1.807) is 18.2 Å². The Bertz CT molecular complexity index is 622. The van der Waals surface area contributed by atoms with Gasteiger partial charge in [-0.2, -0.15) is 0 Å². The first-order chi connectivity index (χ1) is 15.7. The number of rotatable bonds is 13. The molecule has 32 heavy (non-hydrogen) atoms. The molecule has 2 aliphatic rings. The van der Waals surface area contributed by atoms with Crippen LogP contribution in [0.4, 0.5) is 0 Å². The highest BCUT2D eigenvalue weighted by molar-refractivity contribution is 5.90. The monoisotopic (exact) mass is 452 g/mol. The molecule has 0 N–H and O–H groups in total. The Hall–Kier alpha value is -1.87. The molecule has 0 aromatic heterocycles. The normalized spacial score (nSPS) is 21.2. The van der Waals surface area contributed by atoms with Crippen molar-refractivity contribution in [3.8, 4) is 11.5 Å². The third kappa shape index (κ3) is 8.94. The van der Waals surface area contributed by atoms with Crippen LogP contribution >= 0.6 is 0 Å². The van der Waals surface area contributed by atoms with E-state index < -0.39 is 5.97 Å². The van der Waals surface area contributed by atoms with Gasteiger partial charge in [-0.25, -0.2) is 4.79 Å². The zero-order valence-electron chi connectivity index (χ0n) is 19.1.